The van der Waals surface area contributed by atoms with E-state index in [2.05, 4.69) is 28.5 Å². The van der Waals surface area contributed by atoms with E-state index in [9.17, 15) is 4.79 Å². The number of benzene rings is 1. The minimum Gasteiger partial charge on any atom is -0.361 e. The highest BCUT2D eigenvalue weighted by Crippen LogP contribution is 2.17. The van der Waals surface area contributed by atoms with E-state index in [0.29, 0.717) is 6.54 Å². The van der Waals surface area contributed by atoms with Gasteiger partial charge in [-0.05, 0) is 37.0 Å². The van der Waals surface area contributed by atoms with E-state index >= 15 is 0 Å². The number of likely N-dealkylation sites (tertiary alicyclic amines) is 1. The lowest BCUT2D eigenvalue weighted by atomic mass is 10.1. The summed E-state index contributed by atoms with van der Waals surface area (Å²) in [6.07, 6.45) is 5.50. The SMILES string of the molecule is O=C(CNCc1cccc2[nH]ccc12)N1CCCCC1. The van der Waals surface area contributed by atoms with Gasteiger partial charge in [-0.15, -0.1) is 0 Å². The van der Waals surface area contributed by atoms with Crippen LogP contribution in [0.3, 0.4) is 0 Å². The van der Waals surface area contributed by atoms with Gasteiger partial charge in [0, 0.05) is 36.7 Å². The summed E-state index contributed by atoms with van der Waals surface area (Å²) < 4.78 is 0. The van der Waals surface area contributed by atoms with E-state index in [1.54, 1.807) is 0 Å². The maximum absolute atomic E-state index is 12.1. The number of carbonyl (C=O) groups is 1. The number of aromatic nitrogens is 1. The number of amides is 1. The molecule has 1 saturated heterocycles. The molecule has 2 aromatic rings. The van der Waals surface area contributed by atoms with Crippen LogP contribution in [0.1, 0.15) is 24.8 Å². The third-order valence-electron chi connectivity index (χ3n) is 3.99. The summed E-state index contributed by atoms with van der Waals surface area (Å²) in [6, 6.07) is 8.30. The number of H-pyrrole nitrogens is 1. The van der Waals surface area contributed by atoms with Gasteiger partial charge in [0.2, 0.25) is 5.91 Å². The lowest BCUT2D eigenvalue weighted by molar-refractivity contribution is -0.131. The molecule has 1 fully saturated rings. The van der Waals surface area contributed by atoms with Gasteiger partial charge in [-0.3, -0.25) is 4.79 Å². The zero-order chi connectivity index (χ0) is 13.8. The third-order valence-corrected chi connectivity index (χ3v) is 3.99. The van der Waals surface area contributed by atoms with E-state index in [4.69, 9.17) is 0 Å². The number of fused-ring (bicyclic) bond motifs is 1. The molecule has 1 aliphatic heterocycles. The molecule has 0 spiro atoms. The first-order chi connectivity index (χ1) is 9.84. The number of rotatable bonds is 4. The Morgan fingerprint density at radius 3 is 2.90 bits per heavy atom. The quantitative estimate of drug-likeness (QED) is 0.896. The van der Waals surface area contributed by atoms with Crippen molar-refractivity contribution in [1.29, 1.82) is 0 Å². The molecule has 0 saturated carbocycles. The summed E-state index contributed by atoms with van der Waals surface area (Å²) in [5.41, 5.74) is 2.38. The smallest absolute Gasteiger partial charge is 0.236 e. The Bertz CT molecular complexity index is 584. The van der Waals surface area contributed by atoms with Crippen molar-refractivity contribution in [1.82, 2.24) is 15.2 Å². The van der Waals surface area contributed by atoms with Crippen LogP contribution < -0.4 is 5.32 Å². The van der Waals surface area contributed by atoms with Crippen molar-refractivity contribution in [2.24, 2.45) is 0 Å². The van der Waals surface area contributed by atoms with Gasteiger partial charge < -0.3 is 15.2 Å². The molecule has 106 valence electrons. The van der Waals surface area contributed by atoms with Crippen molar-refractivity contribution in [3.8, 4) is 0 Å². The second kappa shape index (κ2) is 6.09. The zero-order valence-corrected chi connectivity index (χ0v) is 11.7. The van der Waals surface area contributed by atoms with Crippen LogP contribution in [-0.2, 0) is 11.3 Å². The largest absolute Gasteiger partial charge is 0.361 e. The van der Waals surface area contributed by atoms with E-state index in [-0.39, 0.29) is 5.91 Å². The van der Waals surface area contributed by atoms with Crippen LogP contribution in [0.2, 0.25) is 0 Å². The van der Waals surface area contributed by atoms with Gasteiger partial charge in [0.05, 0.1) is 6.54 Å². The molecular formula is C16H21N3O. The molecule has 4 heteroatoms. The molecule has 4 nitrogen and oxygen atoms in total. The Balaban J connectivity index is 1.54. The van der Waals surface area contributed by atoms with Gasteiger partial charge in [0.25, 0.3) is 0 Å². The monoisotopic (exact) mass is 271 g/mol. The minimum atomic E-state index is 0.228. The predicted molar refractivity (Wildman–Crippen MR) is 80.4 cm³/mol. The van der Waals surface area contributed by atoms with E-state index in [1.807, 2.05) is 17.2 Å². The summed E-state index contributed by atoms with van der Waals surface area (Å²) in [7, 11) is 0. The fourth-order valence-electron chi connectivity index (χ4n) is 2.86. The van der Waals surface area contributed by atoms with Crippen LogP contribution >= 0.6 is 0 Å². The molecular weight excluding hydrogens is 250 g/mol. The first kappa shape index (κ1) is 13.2. The molecule has 1 aromatic carbocycles. The molecule has 0 aliphatic carbocycles. The Labute approximate surface area is 119 Å². The van der Waals surface area contributed by atoms with Crippen molar-refractivity contribution < 1.29 is 4.79 Å². The molecule has 0 bridgehead atoms. The predicted octanol–water partition coefficient (Wildman–Crippen LogP) is 2.27. The second-order valence-electron chi connectivity index (χ2n) is 5.40. The summed E-state index contributed by atoms with van der Waals surface area (Å²) in [5, 5.41) is 4.50. The number of carbonyl (C=O) groups excluding carboxylic acids is 1. The third kappa shape index (κ3) is 2.85. The number of piperidine rings is 1. The molecule has 0 atom stereocenters. The van der Waals surface area contributed by atoms with Crippen molar-refractivity contribution >= 4 is 16.8 Å². The minimum absolute atomic E-state index is 0.228. The number of hydrogen-bond donors (Lipinski definition) is 2. The van der Waals surface area contributed by atoms with Gasteiger partial charge in [-0.1, -0.05) is 12.1 Å². The second-order valence-corrected chi connectivity index (χ2v) is 5.40. The van der Waals surface area contributed by atoms with Gasteiger partial charge in [0.15, 0.2) is 0 Å². The zero-order valence-electron chi connectivity index (χ0n) is 11.7. The lowest BCUT2D eigenvalue weighted by Crippen LogP contribution is -2.40. The Morgan fingerprint density at radius 2 is 2.05 bits per heavy atom. The van der Waals surface area contributed by atoms with Gasteiger partial charge in [-0.25, -0.2) is 0 Å². The number of nitrogens with zero attached hydrogens (tertiary/aromatic N) is 1. The van der Waals surface area contributed by atoms with E-state index in [0.717, 1.165) is 38.0 Å². The molecule has 1 aromatic heterocycles. The van der Waals surface area contributed by atoms with Crippen LogP contribution in [0.5, 0.6) is 0 Å². The van der Waals surface area contributed by atoms with Crippen molar-refractivity contribution in [3.05, 3.63) is 36.0 Å². The fraction of sp³-hybridized carbons (Fsp3) is 0.438. The molecule has 3 rings (SSSR count). The standard InChI is InChI=1S/C16H21N3O/c20-16(19-9-2-1-3-10-19)12-17-11-13-5-4-6-15-14(13)7-8-18-15/h4-8,17-18H,1-3,9-12H2. The molecule has 0 radical (unpaired) electrons. The van der Waals surface area contributed by atoms with Crippen molar-refractivity contribution in [3.63, 3.8) is 0 Å². The number of aromatic amines is 1. The fourth-order valence-corrected chi connectivity index (χ4v) is 2.86. The van der Waals surface area contributed by atoms with Gasteiger partial charge in [0.1, 0.15) is 0 Å². The molecule has 1 amide bonds. The lowest BCUT2D eigenvalue weighted by Gasteiger charge is -2.26. The van der Waals surface area contributed by atoms with Gasteiger partial charge in [-0.2, -0.15) is 0 Å². The Morgan fingerprint density at radius 1 is 1.20 bits per heavy atom. The van der Waals surface area contributed by atoms with Crippen LogP contribution in [0.4, 0.5) is 0 Å². The molecule has 2 N–H and O–H groups in total. The highest BCUT2D eigenvalue weighted by molar-refractivity contribution is 5.83. The van der Waals surface area contributed by atoms with E-state index in [1.165, 1.54) is 17.4 Å². The normalized spacial score (nSPS) is 15.7. The molecule has 1 aliphatic rings. The molecule has 20 heavy (non-hydrogen) atoms. The van der Waals surface area contributed by atoms with Crippen LogP contribution in [-0.4, -0.2) is 35.4 Å². The summed E-state index contributed by atoms with van der Waals surface area (Å²) in [5.74, 6) is 0.228. The highest BCUT2D eigenvalue weighted by Gasteiger charge is 2.15. The first-order valence-corrected chi connectivity index (χ1v) is 7.38. The first-order valence-electron chi connectivity index (χ1n) is 7.38. The maximum Gasteiger partial charge on any atom is 0.236 e. The molecule has 0 unspecified atom stereocenters. The Hall–Kier alpha value is -1.81. The topological polar surface area (TPSA) is 48.1 Å². The summed E-state index contributed by atoms with van der Waals surface area (Å²) >= 11 is 0. The average Bonchev–Trinajstić information content (AvgIpc) is 2.97. The van der Waals surface area contributed by atoms with Crippen molar-refractivity contribution in [2.45, 2.75) is 25.8 Å². The van der Waals surface area contributed by atoms with Crippen LogP contribution in [0.25, 0.3) is 10.9 Å². The Kier molecular flexibility index (Phi) is 4.02. The van der Waals surface area contributed by atoms with E-state index < -0.39 is 0 Å². The number of hydrogen-bond acceptors (Lipinski definition) is 2. The number of nitrogens with one attached hydrogen (secondary N) is 2. The summed E-state index contributed by atoms with van der Waals surface area (Å²) in [6.45, 7) is 3.01. The maximum atomic E-state index is 12.1. The highest BCUT2D eigenvalue weighted by atomic mass is 16.2. The van der Waals surface area contributed by atoms with Crippen LogP contribution in [0, 0.1) is 0 Å². The average molecular weight is 271 g/mol. The summed E-state index contributed by atoms with van der Waals surface area (Å²) in [4.78, 5) is 17.2. The van der Waals surface area contributed by atoms with Gasteiger partial charge >= 0.3 is 0 Å². The molecule has 2 heterocycles. The van der Waals surface area contributed by atoms with Crippen molar-refractivity contribution in [2.75, 3.05) is 19.6 Å². The van der Waals surface area contributed by atoms with Crippen LogP contribution in [0.15, 0.2) is 30.5 Å².